The molecule has 1 heterocycles. The number of aryl methyl sites for hydroxylation is 1. The summed E-state index contributed by atoms with van der Waals surface area (Å²) in [6.07, 6.45) is -0.391. The Kier molecular flexibility index (Phi) is 5.37. The number of halogens is 3. The van der Waals surface area contributed by atoms with Crippen molar-refractivity contribution in [3.8, 4) is 0 Å². The van der Waals surface area contributed by atoms with Crippen molar-refractivity contribution in [2.24, 2.45) is 5.92 Å². The third kappa shape index (κ3) is 4.15. The van der Waals surface area contributed by atoms with Crippen molar-refractivity contribution >= 4 is 11.3 Å². The van der Waals surface area contributed by atoms with E-state index in [0.29, 0.717) is 6.42 Å². The highest BCUT2D eigenvalue weighted by molar-refractivity contribution is 7.11. The lowest BCUT2D eigenvalue weighted by Crippen LogP contribution is -2.28. The Morgan fingerprint density at radius 3 is 2.80 bits per heavy atom. The fraction of sp³-hybridized carbons (Fsp3) is 0.846. The summed E-state index contributed by atoms with van der Waals surface area (Å²) >= 11 is 1.49. The molecule has 114 valence electrons. The van der Waals surface area contributed by atoms with Crippen molar-refractivity contribution in [3.05, 3.63) is 10.0 Å². The molecule has 1 aromatic heterocycles. The minimum atomic E-state index is -4.07. The van der Waals surface area contributed by atoms with Crippen LogP contribution in [-0.4, -0.2) is 30.0 Å². The number of alkyl halides is 3. The van der Waals surface area contributed by atoms with Crippen molar-refractivity contribution in [3.63, 3.8) is 0 Å². The first-order valence-electron chi connectivity index (χ1n) is 7.04. The second-order valence-electron chi connectivity index (χ2n) is 5.34. The van der Waals surface area contributed by atoms with Crippen LogP contribution in [0.25, 0.3) is 0 Å². The summed E-state index contributed by atoms with van der Waals surface area (Å²) in [4.78, 5) is 0. The molecule has 0 bridgehead atoms. The highest BCUT2D eigenvalue weighted by Crippen LogP contribution is 2.44. The molecule has 0 spiro atoms. The van der Waals surface area contributed by atoms with Crippen LogP contribution >= 0.6 is 11.3 Å². The molecule has 2 atom stereocenters. The molecule has 3 nitrogen and oxygen atoms in total. The molecule has 1 fully saturated rings. The molecule has 0 amide bonds. The van der Waals surface area contributed by atoms with E-state index in [4.69, 9.17) is 0 Å². The molecule has 20 heavy (non-hydrogen) atoms. The van der Waals surface area contributed by atoms with Gasteiger partial charge in [-0.15, -0.1) is 21.5 Å². The third-order valence-electron chi connectivity index (χ3n) is 3.79. The summed E-state index contributed by atoms with van der Waals surface area (Å²) in [5.41, 5.74) is 0. The predicted octanol–water partition coefficient (Wildman–Crippen LogP) is 3.53. The maximum atomic E-state index is 12.8. The molecule has 1 aliphatic rings. The van der Waals surface area contributed by atoms with Crippen LogP contribution in [-0.2, 0) is 6.42 Å². The molecule has 0 aromatic carbocycles. The maximum Gasteiger partial charge on any atom is 0.391 e. The molecule has 0 aliphatic heterocycles. The summed E-state index contributed by atoms with van der Waals surface area (Å²) in [7, 11) is 1.89. The third-order valence-corrected chi connectivity index (χ3v) is 4.93. The van der Waals surface area contributed by atoms with E-state index in [1.54, 1.807) is 0 Å². The topological polar surface area (TPSA) is 37.8 Å². The molecule has 1 saturated carbocycles. The van der Waals surface area contributed by atoms with Crippen LogP contribution in [0.15, 0.2) is 0 Å². The van der Waals surface area contributed by atoms with Crippen molar-refractivity contribution < 1.29 is 13.2 Å². The Balaban J connectivity index is 1.94. The van der Waals surface area contributed by atoms with Gasteiger partial charge in [-0.25, -0.2) is 0 Å². The van der Waals surface area contributed by atoms with Gasteiger partial charge in [0.25, 0.3) is 0 Å². The standard InChI is InChI=1S/C13H20F3N3S/c1-17-7-3-6-11-18-19-12(20-11)9-4-2-5-10(8-9)13(14,15)16/h9-10,17H,2-8H2,1H3. The van der Waals surface area contributed by atoms with Crippen molar-refractivity contribution in [2.45, 2.75) is 50.6 Å². The second-order valence-corrected chi connectivity index (χ2v) is 6.44. The first-order valence-corrected chi connectivity index (χ1v) is 7.86. The van der Waals surface area contributed by atoms with Crippen LogP contribution in [0.2, 0.25) is 0 Å². The monoisotopic (exact) mass is 307 g/mol. The molecule has 2 rings (SSSR count). The van der Waals surface area contributed by atoms with Gasteiger partial charge in [-0.3, -0.25) is 0 Å². The van der Waals surface area contributed by atoms with E-state index >= 15 is 0 Å². The molecule has 1 N–H and O–H groups in total. The number of hydrogen-bond acceptors (Lipinski definition) is 4. The van der Waals surface area contributed by atoms with Crippen molar-refractivity contribution in [1.29, 1.82) is 0 Å². The number of hydrogen-bond donors (Lipinski definition) is 1. The fourth-order valence-electron chi connectivity index (χ4n) is 2.66. The summed E-state index contributed by atoms with van der Waals surface area (Å²) < 4.78 is 38.4. The number of rotatable bonds is 5. The summed E-state index contributed by atoms with van der Waals surface area (Å²) in [5, 5.41) is 13.0. The molecule has 2 unspecified atom stereocenters. The summed E-state index contributed by atoms with van der Waals surface area (Å²) in [6.45, 7) is 0.911. The molecule has 1 aliphatic carbocycles. The van der Waals surface area contributed by atoms with E-state index in [-0.39, 0.29) is 18.8 Å². The summed E-state index contributed by atoms with van der Waals surface area (Å²) in [5.74, 6) is -1.23. The van der Waals surface area contributed by atoms with Gasteiger partial charge in [0.1, 0.15) is 10.0 Å². The molecular weight excluding hydrogens is 287 g/mol. The average molecular weight is 307 g/mol. The quantitative estimate of drug-likeness (QED) is 0.846. The van der Waals surface area contributed by atoms with E-state index in [1.165, 1.54) is 11.3 Å². The van der Waals surface area contributed by atoms with E-state index in [9.17, 15) is 13.2 Å². The number of nitrogens with zero attached hydrogens (tertiary/aromatic N) is 2. The normalized spacial score (nSPS) is 24.0. The first-order chi connectivity index (χ1) is 9.50. The van der Waals surface area contributed by atoms with Gasteiger partial charge in [0.05, 0.1) is 5.92 Å². The minimum absolute atomic E-state index is 0.0640. The van der Waals surface area contributed by atoms with Gasteiger partial charge in [0.2, 0.25) is 0 Å². The Hall–Kier alpha value is -0.690. The van der Waals surface area contributed by atoms with E-state index < -0.39 is 12.1 Å². The lowest BCUT2D eigenvalue weighted by atomic mass is 9.81. The van der Waals surface area contributed by atoms with E-state index in [0.717, 1.165) is 35.8 Å². The van der Waals surface area contributed by atoms with Gasteiger partial charge in [-0.2, -0.15) is 13.2 Å². The lowest BCUT2D eigenvalue weighted by molar-refractivity contribution is -0.183. The molecule has 7 heteroatoms. The van der Waals surface area contributed by atoms with Crippen LogP contribution in [0.5, 0.6) is 0 Å². The lowest BCUT2D eigenvalue weighted by Gasteiger charge is -2.29. The van der Waals surface area contributed by atoms with E-state index in [2.05, 4.69) is 15.5 Å². The van der Waals surface area contributed by atoms with Crippen LogP contribution in [0, 0.1) is 5.92 Å². The Bertz CT molecular complexity index is 419. The molecular formula is C13H20F3N3S. The zero-order valence-electron chi connectivity index (χ0n) is 11.5. The molecule has 0 radical (unpaired) electrons. The Morgan fingerprint density at radius 2 is 2.10 bits per heavy atom. The van der Waals surface area contributed by atoms with Gasteiger partial charge >= 0.3 is 6.18 Å². The smallest absolute Gasteiger partial charge is 0.320 e. The number of nitrogens with one attached hydrogen (secondary N) is 1. The molecule has 1 aromatic rings. The van der Waals surface area contributed by atoms with Crippen molar-refractivity contribution in [1.82, 2.24) is 15.5 Å². The maximum absolute atomic E-state index is 12.8. The van der Waals surface area contributed by atoms with Gasteiger partial charge in [-0.1, -0.05) is 6.42 Å². The molecule has 0 saturated heterocycles. The summed E-state index contributed by atoms with van der Waals surface area (Å²) in [6, 6.07) is 0. The Morgan fingerprint density at radius 1 is 1.30 bits per heavy atom. The zero-order chi connectivity index (χ0) is 14.6. The van der Waals surface area contributed by atoms with Crippen LogP contribution in [0.3, 0.4) is 0 Å². The first kappa shape index (κ1) is 15.7. The van der Waals surface area contributed by atoms with Gasteiger partial charge in [0, 0.05) is 12.3 Å². The van der Waals surface area contributed by atoms with Crippen molar-refractivity contribution in [2.75, 3.05) is 13.6 Å². The average Bonchev–Trinajstić information content (AvgIpc) is 2.87. The number of aromatic nitrogens is 2. The van der Waals surface area contributed by atoms with Crippen LogP contribution in [0.1, 0.15) is 48.0 Å². The van der Waals surface area contributed by atoms with Gasteiger partial charge in [0.15, 0.2) is 0 Å². The zero-order valence-corrected chi connectivity index (χ0v) is 12.4. The largest absolute Gasteiger partial charge is 0.391 e. The fourth-order valence-corrected chi connectivity index (χ4v) is 3.69. The predicted molar refractivity (Wildman–Crippen MR) is 72.9 cm³/mol. The second kappa shape index (κ2) is 6.85. The van der Waals surface area contributed by atoms with E-state index in [1.807, 2.05) is 7.05 Å². The minimum Gasteiger partial charge on any atom is -0.320 e. The van der Waals surface area contributed by atoms with Crippen LogP contribution < -0.4 is 5.32 Å². The van der Waals surface area contributed by atoms with Gasteiger partial charge in [-0.05, 0) is 39.3 Å². The highest BCUT2D eigenvalue weighted by Gasteiger charge is 2.43. The van der Waals surface area contributed by atoms with Crippen LogP contribution in [0.4, 0.5) is 13.2 Å². The Labute approximate surface area is 121 Å². The highest BCUT2D eigenvalue weighted by atomic mass is 32.1. The van der Waals surface area contributed by atoms with Gasteiger partial charge < -0.3 is 5.32 Å². The SMILES string of the molecule is CNCCCc1nnc(C2CCCC(C(F)(F)F)C2)s1.